The monoisotopic (exact) mass is 390 g/mol. The summed E-state index contributed by atoms with van der Waals surface area (Å²) < 4.78 is 1.86. The summed E-state index contributed by atoms with van der Waals surface area (Å²) in [7, 11) is 0. The zero-order valence-electron chi connectivity index (χ0n) is 15.7. The zero-order valence-corrected chi connectivity index (χ0v) is 16.5. The van der Waals surface area contributed by atoms with Gasteiger partial charge < -0.3 is 10.6 Å². The van der Waals surface area contributed by atoms with Gasteiger partial charge in [-0.1, -0.05) is 11.6 Å². The first-order chi connectivity index (χ1) is 12.9. The van der Waals surface area contributed by atoms with Crippen molar-refractivity contribution in [3.63, 3.8) is 0 Å². The topological polar surface area (TPSA) is 76.0 Å². The molecule has 5 saturated carbocycles. The molecule has 1 aromatic heterocycles. The summed E-state index contributed by atoms with van der Waals surface area (Å²) >= 11 is 6.27. The van der Waals surface area contributed by atoms with Crippen LogP contribution in [-0.4, -0.2) is 33.2 Å². The van der Waals surface area contributed by atoms with Gasteiger partial charge in [-0.25, -0.2) is 0 Å². The molecule has 27 heavy (non-hydrogen) atoms. The first-order valence-electron chi connectivity index (χ1n) is 10.3. The Balaban J connectivity index is 1.31. The minimum absolute atomic E-state index is 0.0453. The molecule has 6 rings (SSSR count). The molecule has 5 aliphatic rings. The van der Waals surface area contributed by atoms with Crippen LogP contribution >= 0.6 is 11.6 Å². The normalized spacial score (nSPS) is 37.1. The predicted octanol–water partition coefficient (Wildman–Crippen LogP) is 3.07. The number of nitrogens with one attached hydrogen (secondary N) is 2. The van der Waals surface area contributed by atoms with E-state index in [1.165, 1.54) is 6.42 Å². The average Bonchev–Trinajstić information content (AvgIpc) is 2.88. The number of carbonyl (C=O) groups is 2. The van der Waals surface area contributed by atoms with Gasteiger partial charge in [0, 0.05) is 24.7 Å². The van der Waals surface area contributed by atoms with E-state index in [2.05, 4.69) is 15.7 Å². The van der Waals surface area contributed by atoms with Gasteiger partial charge >= 0.3 is 0 Å². The summed E-state index contributed by atoms with van der Waals surface area (Å²) in [6.45, 7) is 1.61. The number of amides is 2. The molecule has 2 N–H and O–H groups in total. The molecule has 2 amide bonds. The maximum Gasteiger partial charge on any atom is 0.256 e. The molecule has 0 spiro atoms. The third-order valence-electron chi connectivity index (χ3n) is 7.39. The van der Waals surface area contributed by atoms with Crippen LogP contribution in [0.3, 0.4) is 0 Å². The minimum atomic E-state index is -0.100. The lowest BCUT2D eigenvalue weighted by atomic mass is 9.51. The molecule has 2 atom stereocenters. The second-order valence-electron chi connectivity index (χ2n) is 9.33. The predicted molar refractivity (Wildman–Crippen MR) is 101 cm³/mol. The van der Waals surface area contributed by atoms with Gasteiger partial charge in [0.15, 0.2) is 5.15 Å². The third-order valence-corrected chi connectivity index (χ3v) is 7.67. The van der Waals surface area contributed by atoms with Crippen LogP contribution in [0.5, 0.6) is 0 Å². The van der Waals surface area contributed by atoms with Crippen LogP contribution in [0.15, 0.2) is 6.20 Å². The number of rotatable bonds is 4. The molecule has 0 aromatic carbocycles. The van der Waals surface area contributed by atoms with Gasteiger partial charge in [0.2, 0.25) is 5.91 Å². The van der Waals surface area contributed by atoms with Crippen LogP contribution in [0.25, 0.3) is 0 Å². The van der Waals surface area contributed by atoms with Crippen molar-refractivity contribution in [3.8, 4) is 0 Å². The fourth-order valence-corrected chi connectivity index (χ4v) is 6.60. The van der Waals surface area contributed by atoms with Gasteiger partial charge in [0.05, 0.1) is 11.6 Å². The zero-order chi connectivity index (χ0) is 18.8. The number of carbonyl (C=O) groups excluding carboxylic acids is 2. The van der Waals surface area contributed by atoms with E-state index >= 15 is 0 Å². The lowest BCUT2D eigenvalue weighted by Gasteiger charge is -2.60. The fourth-order valence-electron chi connectivity index (χ4n) is 6.38. The van der Waals surface area contributed by atoms with Crippen molar-refractivity contribution < 1.29 is 9.59 Å². The smallest absolute Gasteiger partial charge is 0.256 e. The molecular formula is C20H27ClN4O2. The van der Waals surface area contributed by atoms with Crippen molar-refractivity contribution >= 4 is 23.4 Å². The molecule has 5 aliphatic carbocycles. The summed E-state index contributed by atoms with van der Waals surface area (Å²) in [6.07, 6.45) is 10.6. The number of hydrogen-bond donors (Lipinski definition) is 2. The Morgan fingerprint density at radius 1 is 1.22 bits per heavy atom. The van der Waals surface area contributed by atoms with E-state index in [4.69, 9.17) is 11.6 Å². The molecule has 146 valence electrons. The van der Waals surface area contributed by atoms with E-state index in [-0.39, 0.29) is 23.4 Å². The number of halogens is 1. The van der Waals surface area contributed by atoms with E-state index in [1.807, 2.05) is 10.9 Å². The van der Waals surface area contributed by atoms with Crippen LogP contribution in [0, 0.1) is 17.8 Å². The van der Waals surface area contributed by atoms with E-state index < -0.39 is 0 Å². The van der Waals surface area contributed by atoms with Gasteiger partial charge in [-0.3, -0.25) is 14.3 Å². The Hall–Kier alpha value is -1.56. The Kier molecular flexibility index (Phi) is 4.04. The Labute approximate surface area is 164 Å². The SMILES string of the molecule is CC(=O)NC12CC3CC(C1)C(NC(=O)c1cn(C4CCC4)nc1Cl)C(C3)C2. The highest BCUT2D eigenvalue weighted by atomic mass is 35.5. The lowest BCUT2D eigenvalue weighted by molar-refractivity contribution is -0.125. The van der Waals surface area contributed by atoms with E-state index in [9.17, 15) is 9.59 Å². The van der Waals surface area contributed by atoms with E-state index in [1.54, 1.807) is 6.92 Å². The number of nitrogens with zero attached hydrogens (tertiary/aromatic N) is 2. The van der Waals surface area contributed by atoms with Crippen molar-refractivity contribution in [1.29, 1.82) is 0 Å². The molecule has 0 saturated heterocycles. The quantitative estimate of drug-likeness (QED) is 0.829. The summed E-state index contributed by atoms with van der Waals surface area (Å²) in [5, 5.41) is 11.2. The van der Waals surface area contributed by atoms with Crippen molar-refractivity contribution in [1.82, 2.24) is 20.4 Å². The van der Waals surface area contributed by atoms with Crippen LogP contribution in [0.4, 0.5) is 0 Å². The molecule has 0 radical (unpaired) electrons. The molecule has 1 heterocycles. The number of aromatic nitrogens is 2. The van der Waals surface area contributed by atoms with Crippen molar-refractivity contribution in [3.05, 3.63) is 16.9 Å². The van der Waals surface area contributed by atoms with Crippen LogP contribution in [0.2, 0.25) is 5.15 Å². The van der Waals surface area contributed by atoms with Gasteiger partial charge in [0.1, 0.15) is 0 Å². The second kappa shape index (κ2) is 6.23. The molecule has 6 nitrogen and oxygen atoms in total. The Bertz CT molecular complexity index is 771. The molecule has 0 aliphatic heterocycles. The first-order valence-corrected chi connectivity index (χ1v) is 10.6. The largest absolute Gasteiger partial charge is 0.351 e. The summed E-state index contributed by atoms with van der Waals surface area (Å²) in [6, 6.07) is 0.571. The fraction of sp³-hybridized carbons (Fsp3) is 0.750. The lowest BCUT2D eigenvalue weighted by Crippen LogP contribution is -2.66. The summed E-state index contributed by atoms with van der Waals surface area (Å²) in [5.41, 5.74) is 0.449. The average molecular weight is 391 g/mol. The highest BCUT2D eigenvalue weighted by Gasteiger charge is 2.56. The van der Waals surface area contributed by atoms with Gasteiger partial charge in [0.25, 0.3) is 5.91 Å². The van der Waals surface area contributed by atoms with Crippen molar-refractivity contribution in [2.45, 2.75) is 75.9 Å². The molecule has 2 unspecified atom stereocenters. The van der Waals surface area contributed by atoms with Crippen molar-refractivity contribution in [2.24, 2.45) is 17.8 Å². The molecule has 7 heteroatoms. The molecule has 4 bridgehead atoms. The van der Waals surface area contributed by atoms with Crippen LogP contribution in [0.1, 0.15) is 74.7 Å². The highest BCUT2D eigenvalue weighted by Crippen LogP contribution is 2.55. The Morgan fingerprint density at radius 2 is 1.93 bits per heavy atom. The first kappa shape index (κ1) is 17.5. The minimum Gasteiger partial charge on any atom is -0.351 e. The second-order valence-corrected chi connectivity index (χ2v) is 9.69. The van der Waals surface area contributed by atoms with Gasteiger partial charge in [-0.15, -0.1) is 0 Å². The van der Waals surface area contributed by atoms with Gasteiger partial charge in [-0.05, 0) is 69.1 Å². The summed E-state index contributed by atoms with van der Waals surface area (Å²) in [4.78, 5) is 24.6. The highest BCUT2D eigenvalue weighted by molar-refractivity contribution is 6.32. The summed E-state index contributed by atoms with van der Waals surface area (Å²) in [5.74, 6) is 1.51. The number of hydrogen-bond acceptors (Lipinski definition) is 3. The van der Waals surface area contributed by atoms with E-state index in [0.29, 0.717) is 34.5 Å². The third kappa shape index (κ3) is 2.96. The standard InChI is InChI=1S/C20H27ClN4O2/c1-11(26)23-20-7-12-5-13(8-20)17(14(6-12)9-20)22-19(27)16-10-25(24-18(16)21)15-3-2-4-15/h10,12-15,17H,2-9H2,1H3,(H,22,27)(H,23,26). The van der Waals surface area contributed by atoms with E-state index in [0.717, 1.165) is 44.9 Å². The van der Waals surface area contributed by atoms with Crippen LogP contribution < -0.4 is 10.6 Å². The molecule has 1 aromatic rings. The molecular weight excluding hydrogens is 364 g/mol. The molecule has 5 fully saturated rings. The Morgan fingerprint density at radius 3 is 2.52 bits per heavy atom. The maximum absolute atomic E-state index is 12.9. The van der Waals surface area contributed by atoms with Crippen LogP contribution in [-0.2, 0) is 4.79 Å². The van der Waals surface area contributed by atoms with Gasteiger partial charge in [-0.2, -0.15) is 5.10 Å². The maximum atomic E-state index is 12.9. The van der Waals surface area contributed by atoms with Crippen molar-refractivity contribution in [2.75, 3.05) is 0 Å².